The molecule has 3 nitrogen and oxygen atoms in total. The summed E-state index contributed by atoms with van der Waals surface area (Å²) in [5.41, 5.74) is 2.25. The SMILES string of the molecule is Cc1ccc(CNC(C)c2ncc(C)o2)c(Cl)c1. The van der Waals surface area contributed by atoms with E-state index in [0.29, 0.717) is 12.4 Å². The number of halogens is 1. The summed E-state index contributed by atoms with van der Waals surface area (Å²) in [7, 11) is 0. The third-order valence-electron chi connectivity index (χ3n) is 2.82. The van der Waals surface area contributed by atoms with Crippen LogP contribution in [0.1, 0.15) is 35.7 Å². The average molecular weight is 265 g/mol. The average Bonchev–Trinajstić information content (AvgIpc) is 2.74. The van der Waals surface area contributed by atoms with Gasteiger partial charge in [-0.25, -0.2) is 4.98 Å². The van der Waals surface area contributed by atoms with Crippen LogP contribution in [0.5, 0.6) is 0 Å². The molecular formula is C14H17ClN2O. The van der Waals surface area contributed by atoms with Crippen LogP contribution >= 0.6 is 11.6 Å². The molecule has 0 bridgehead atoms. The van der Waals surface area contributed by atoms with Crippen molar-refractivity contribution in [2.75, 3.05) is 0 Å². The van der Waals surface area contributed by atoms with E-state index in [0.717, 1.165) is 16.3 Å². The van der Waals surface area contributed by atoms with Gasteiger partial charge in [0.15, 0.2) is 0 Å². The van der Waals surface area contributed by atoms with E-state index in [1.165, 1.54) is 5.56 Å². The molecule has 0 fully saturated rings. The third kappa shape index (κ3) is 3.12. The minimum atomic E-state index is 0.0658. The van der Waals surface area contributed by atoms with E-state index >= 15 is 0 Å². The summed E-state index contributed by atoms with van der Waals surface area (Å²) in [4.78, 5) is 4.20. The van der Waals surface area contributed by atoms with Crippen molar-refractivity contribution >= 4 is 11.6 Å². The molecule has 0 aliphatic heterocycles. The zero-order chi connectivity index (χ0) is 13.1. The minimum absolute atomic E-state index is 0.0658. The highest BCUT2D eigenvalue weighted by atomic mass is 35.5. The van der Waals surface area contributed by atoms with Gasteiger partial charge < -0.3 is 9.73 Å². The number of oxazole rings is 1. The lowest BCUT2D eigenvalue weighted by atomic mass is 10.1. The summed E-state index contributed by atoms with van der Waals surface area (Å²) in [6, 6.07) is 6.13. The molecule has 1 N–H and O–H groups in total. The monoisotopic (exact) mass is 264 g/mol. The minimum Gasteiger partial charge on any atom is -0.444 e. The second kappa shape index (κ2) is 5.55. The van der Waals surface area contributed by atoms with Gasteiger partial charge in [0.25, 0.3) is 0 Å². The molecule has 1 heterocycles. The highest BCUT2D eigenvalue weighted by molar-refractivity contribution is 6.31. The Balaban J connectivity index is 1.99. The van der Waals surface area contributed by atoms with Gasteiger partial charge in [0, 0.05) is 11.6 Å². The van der Waals surface area contributed by atoms with Gasteiger partial charge in [0.05, 0.1) is 12.2 Å². The van der Waals surface area contributed by atoms with E-state index in [2.05, 4.69) is 16.4 Å². The zero-order valence-electron chi connectivity index (χ0n) is 10.8. The topological polar surface area (TPSA) is 38.1 Å². The molecule has 18 heavy (non-hydrogen) atoms. The van der Waals surface area contributed by atoms with Crippen LogP contribution in [-0.4, -0.2) is 4.98 Å². The smallest absolute Gasteiger partial charge is 0.211 e. The lowest BCUT2D eigenvalue weighted by Gasteiger charge is -2.11. The van der Waals surface area contributed by atoms with Crippen molar-refractivity contribution in [1.82, 2.24) is 10.3 Å². The second-order valence-corrected chi connectivity index (χ2v) is 4.91. The summed E-state index contributed by atoms with van der Waals surface area (Å²) in [6.07, 6.45) is 1.73. The molecule has 0 aliphatic rings. The lowest BCUT2D eigenvalue weighted by Crippen LogP contribution is -2.18. The quantitative estimate of drug-likeness (QED) is 0.913. The van der Waals surface area contributed by atoms with E-state index in [4.69, 9.17) is 16.0 Å². The first-order valence-electron chi connectivity index (χ1n) is 5.97. The van der Waals surface area contributed by atoms with Crippen LogP contribution in [0.15, 0.2) is 28.8 Å². The highest BCUT2D eigenvalue weighted by Gasteiger charge is 2.11. The number of hydrogen-bond acceptors (Lipinski definition) is 3. The van der Waals surface area contributed by atoms with Crippen LogP contribution in [0.2, 0.25) is 5.02 Å². The van der Waals surface area contributed by atoms with Gasteiger partial charge in [-0.05, 0) is 38.0 Å². The standard InChI is InChI=1S/C14H17ClN2O/c1-9-4-5-12(13(15)6-9)8-16-11(3)14-17-7-10(2)18-14/h4-7,11,16H,8H2,1-3H3. The summed E-state index contributed by atoms with van der Waals surface area (Å²) in [6.45, 7) is 6.64. The van der Waals surface area contributed by atoms with Crippen molar-refractivity contribution in [3.8, 4) is 0 Å². The molecule has 96 valence electrons. The molecular weight excluding hydrogens is 248 g/mol. The number of aryl methyl sites for hydroxylation is 2. The largest absolute Gasteiger partial charge is 0.444 e. The van der Waals surface area contributed by atoms with Crippen LogP contribution < -0.4 is 5.32 Å². The number of nitrogens with one attached hydrogen (secondary N) is 1. The predicted molar refractivity (Wildman–Crippen MR) is 72.7 cm³/mol. The molecule has 0 amide bonds. The fourth-order valence-corrected chi connectivity index (χ4v) is 2.02. The maximum Gasteiger partial charge on any atom is 0.211 e. The van der Waals surface area contributed by atoms with E-state index in [9.17, 15) is 0 Å². The van der Waals surface area contributed by atoms with Gasteiger partial charge in [-0.15, -0.1) is 0 Å². The number of nitrogens with zero attached hydrogens (tertiary/aromatic N) is 1. The predicted octanol–water partition coefficient (Wildman–Crippen LogP) is 3.80. The Morgan fingerprint density at radius 1 is 1.39 bits per heavy atom. The molecule has 0 spiro atoms. The first-order chi connectivity index (χ1) is 8.56. The van der Waals surface area contributed by atoms with Crippen molar-refractivity contribution in [3.05, 3.63) is 52.2 Å². The van der Waals surface area contributed by atoms with Crippen LogP contribution in [0, 0.1) is 13.8 Å². The molecule has 0 saturated heterocycles. The Bertz CT molecular complexity index is 536. The van der Waals surface area contributed by atoms with Crippen LogP contribution in [-0.2, 0) is 6.54 Å². The van der Waals surface area contributed by atoms with Gasteiger partial charge in [-0.3, -0.25) is 0 Å². The number of rotatable bonds is 4. The van der Waals surface area contributed by atoms with Crippen molar-refractivity contribution in [3.63, 3.8) is 0 Å². The molecule has 0 saturated carbocycles. The molecule has 2 aromatic rings. The second-order valence-electron chi connectivity index (χ2n) is 4.51. The van der Waals surface area contributed by atoms with E-state index < -0.39 is 0 Å². The fourth-order valence-electron chi connectivity index (χ4n) is 1.72. The Hall–Kier alpha value is -1.32. The molecule has 1 atom stereocenters. The molecule has 0 aliphatic carbocycles. The maximum absolute atomic E-state index is 6.18. The molecule has 2 rings (SSSR count). The summed E-state index contributed by atoms with van der Waals surface area (Å²) < 4.78 is 5.48. The summed E-state index contributed by atoms with van der Waals surface area (Å²) in [5.74, 6) is 1.53. The summed E-state index contributed by atoms with van der Waals surface area (Å²) in [5, 5.41) is 4.14. The van der Waals surface area contributed by atoms with Gasteiger partial charge in [-0.1, -0.05) is 23.7 Å². The normalized spacial score (nSPS) is 12.7. The number of benzene rings is 1. The van der Waals surface area contributed by atoms with Crippen molar-refractivity contribution < 1.29 is 4.42 Å². The van der Waals surface area contributed by atoms with Crippen molar-refractivity contribution in [2.24, 2.45) is 0 Å². The van der Waals surface area contributed by atoms with E-state index in [-0.39, 0.29) is 6.04 Å². The fraction of sp³-hybridized carbons (Fsp3) is 0.357. The number of hydrogen-bond donors (Lipinski definition) is 1. The molecule has 0 radical (unpaired) electrons. The van der Waals surface area contributed by atoms with Crippen molar-refractivity contribution in [2.45, 2.75) is 33.4 Å². The Morgan fingerprint density at radius 2 is 2.17 bits per heavy atom. The van der Waals surface area contributed by atoms with E-state index in [1.807, 2.05) is 32.9 Å². The molecule has 4 heteroatoms. The third-order valence-corrected chi connectivity index (χ3v) is 3.17. The Kier molecular flexibility index (Phi) is 4.04. The van der Waals surface area contributed by atoms with Gasteiger partial charge in [-0.2, -0.15) is 0 Å². The Labute approximate surface area is 112 Å². The van der Waals surface area contributed by atoms with Crippen LogP contribution in [0.3, 0.4) is 0 Å². The maximum atomic E-state index is 6.18. The van der Waals surface area contributed by atoms with Crippen LogP contribution in [0.25, 0.3) is 0 Å². The van der Waals surface area contributed by atoms with Crippen LogP contribution in [0.4, 0.5) is 0 Å². The molecule has 1 unspecified atom stereocenters. The van der Waals surface area contributed by atoms with Gasteiger partial charge in [0.2, 0.25) is 5.89 Å². The first-order valence-corrected chi connectivity index (χ1v) is 6.35. The molecule has 1 aromatic heterocycles. The first kappa shape index (κ1) is 13.1. The van der Waals surface area contributed by atoms with E-state index in [1.54, 1.807) is 6.20 Å². The Morgan fingerprint density at radius 3 is 2.78 bits per heavy atom. The van der Waals surface area contributed by atoms with Gasteiger partial charge >= 0.3 is 0 Å². The van der Waals surface area contributed by atoms with Gasteiger partial charge in [0.1, 0.15) is 5.76 Å². The molecule has 1 aromatic carbocycles. The van der Waals surface area contributed by atoms with Crippen molar-refractivity contribution in [1.29, 1.82) is 0 Å². The lowest BCUT2D eigenvalue weighted by molar-refractivity contribution is 0.402. The number of aromatic nitrogens is 1. The summed E-state index contributed by atoms with van der Waals surface area (Å²) >= 11 is 6.18. The highest BCUT2D eigenvalue weighted by Crippen LogP contribution is 2.19. The zero-order valence-corrected chi connectivity index (χ0v) is 11.6.